The molecule has 0 bridgehead atoms. The van der Waals surface area contributed by atoms with Crippen LogP contribution in [0.15, 0.2) is 30.5 Å². The van der Waals surface area contributed by atoms with Crippen LogP contribution in [0.1, 0.15) is 35.1 Å². The Labute approximate surface area is 155 Å². The molecule has 3 rings (SSSR count). The monoisotopic (exact) mass is 373 g/mol. The standard InChI is InChI=1S/C18H16ClN3O4/c1-25-13-7-5-12(6-8-13)22(9-10-23)17-14(19)15(18(24)26-2)20-16(21-17)11-3-4-11/h5-9,11H,3-4H2,1-2H3. The number of hydrogen-bond donors (Lipinski definition) is 0. The number of methoxy groups -OCH3 is 2. The molecule has 26 heavy (non-hydrogen) atoms. The number of anilines is 2. The molecule has 1 fully saturated rings. The number of hydrogen-bond acceptors (Lipinski definition) is 7. The fourth-order valence-corrected chi connectivity index (χ4v) is 2.67. The first-order chi connectivity index (χ1) is 12.6. The van der Waals surface area contributed by atoms with Crippen molar-refractivity contribution >= 4 is 35.0 Å². The van der Waals surface area contributed by atoms with Gasteiger partial charge in [-0.05, 0) is 37.1 Å². The first kappa shape index (κ1) is 17.9. The second-order valence-corrected chi connectivity index (χ2v) is 6.03. The molecule has 0 amide bonds. The number of aromatic nitrogens is 2. The fourth-order valence-electron chi connectivity index (χ4n) is 2.42. The third kappa shape index (κ3) is 3.54. The largest absolute Gasteiger partial charge is 0.497 e. The van der Waals surface area contributed by atoms with E-state index in [0.717, 1.165) is 19.0 Å². The summed E-state index contributed by atoms with van der Waals surface area (Å²) in [5.74, 6) is 2.62. The molecular weight excluding hydrogens is 358 g/mol. The van der Waals surface area contributed by atoms with E-state index in [4.69, 9.17) is 21.1 Å². The minimum Gasteiger partial charge on any atom is -0.497 e. The molecule has 0 atom stereocenters. The summed E-state index contributed by atoms with van der Waals surface area (Å²) < 4.78 is 9.91. The van der Waals surface area contributed by atoms with Crippen molar-refractivity contribution in [2.24, 2.45) is 0 Å². The van der Waals surface area contributed by atoms with Gasteiger partial charge >= 0.3 is 5.97 Å². The summed E-state index contributed by atoms with van der Waals surface area (Å²) in [5, 5.41) is 0.00330. The van der Waals surface area contributed by atoms with Crippen molar-refractivity contribution in [3.8, 4) is 5.75 Å². The minimum atomic E-state index is -0.662. The average Bonchev–Trinajstić information content (AvgIpc) is 3.51. The molecule has 2 aromatic rings. The van der Waals surface area contributed by atoms with Gasteiger partial charge < -0.3 is 9.47 Å². The molecule has 7 nitrogen and oxygen atoms in total. The van der Waals surface area contributed by atoms with E-state index >= 15 is 0 Å². The van der Waals surface area contributed by atoms with Gasteiger partial charge in [0.15, 0.2) is 11.5 Å². The Morgan fingerprint density at radius 3 is 2.50 bits per heavy atom. The van der Waals surface area contributed by atoms with Crippen LogP contribution in [0.25, 0.3) is 0 Å². The van der Waals surface area contributed by atoms with Crippen LogP contribution in [0.2, 0.25) is 5.02 Å². The van der Waals surface area contributed by atoms with Crippen molar-refractivity contribution in [1.29, 1.82) is 0 Å². The molecule has 0 unspecified atom stereocenters. The summed E-state index contributed by atoms with van der Waals surface area (Å²) >= 11 is 6.38. The molecule has 0 saturated heterocycles. The van der Waals surface area contributed by atoms with Crippen LogP contribution in [0.5, 0.6) is 5.75 Å². The van der Waals surface area contributed by atoms with Crippen LogP contribution in [0.4, 0.5) is 11.5 Å². The molecule has 8 heteroatoms. The molecule has 1 heterocycles. The highest BCUT2D eigenvalue weighted by Gasteiger charge is 2.31. The van der Waals surface area contributed by atoms with Crippen molar-refractivity contribution in [3.63, 3.8) is 0 Å². The van der Waals surface area contributed by atoms with Gasteiger partial charge in [0.25, 0.3) is 0 Å². The SMILES string of the molecule is COC(=O)c1nc(C2CC2)nc(N(C=C=O)c2ccc(OC)cc2)c1Cl. The highest BCUT2D eigenvalue weighted by molar-refractivity contribution is 6.35. The maximum absolute atomic E-state index is 12.1. The Balaban J connectivity index is 2.14. The van der Waals surface area contributed by atoms with E-state index in [1.807, 2.05) is 0 Å². The van der Waals surface area contributed by atoms with Gasteiger partial charge in [-0.1, -0.05) is 11.6 Å². The van der Waals surface area contributed by atoms with E-state index in [1.54, 1.807) is 37.3 Å². The number of halogens is 1. The third-order valence-corrected chi connectivity index (χ3v) is 4.28. The van der Waals surface area contributed by atoms with E-state index in [-0.39, 0.29) is 22.5 Å². The molecule has 1 aliphatic carbocycles. The van der Waals surface area contributed by atoms with Crippen LogP contribution in [0, 0.1) is 0 Å². The summed E-state index contributed by atoms with van der Waals surface area (Å²) in [4.78, 5) is 33.3. The average molecular weight is 374 g/mol. The summed E-state index contributed by atoms with van der Waals surface area (Å²) in [6, 6.07) is 6.94. The molecule has 1 aliphatic rings. The molecule has 1 saturated carbocycles. The number of carbonyl (C=O) groups excluding carboxylic acids is 2. The number of benzene rings is 1. The van der Waals surface area contributed by atoms with Crippen LogP contribution < -0.4 is 9.64 Å². The Morgan fingerprint density at radius 1 is 1.27 bits per heavy atom. The molecule has 1 aromatic carbocycles. The van der Waals surface area contributed by atoms with Crippen LogP contribution in [-0.4, -0.2) is 36.1 Å². The highest BCUT2D eigenvalue weighted by atomic mass is 35.5. The Bertz CT molecular complexity index is 875. The number of nitrogens with zero attached hydrogens (tertiary/aromatic N) is 3. The van der Waals surface area contributed by atoms with E-state index < -0.39 is 5.97 Å². The molecule has 134 valence electrons. The van der Waals surface area contributed by atoms with E-state index in [1.165, 1.54) is 12.0 Å². The van der Waals surface area contributed by atoms with Gasteiger partial charge in [-0.25, -0.2) is 19.6 Å². The first-order valence-electron chi connectivity index (χ1n) is 7.89. The maximum Gasteiger partial charge on any atom is 0.358 e. The summed E-state index contributed by atoms with van der Waals surface area (Å²) in [6.45, 7) is 0. The lowest BCUT2D eigenvalue weighted by atomic mass is 10.2. The zero-order chi connectivity index (χ0) is 18.7. The summed E-state index contributed by atoms with van der Waals surface area (Å²) in [7, 11) is 2.81. The summed E-state index contributed by atoms with van der Waals surface area (Å²) in [5.41, 5.74) is 0.575. The number of rotatable bonds is 6. The second kappa shape index (κ2) is 7.56. The van der Waals surface area contributed by atoms with E-state index in [9.17, 15) is 9.59 Å². The van der Waals surface area contributed by atoms with Crippen molar-refractivity contribution in [3.05, 3.63) is 47.0 Å². The predicted molar refractivity (Wildman–Crippen MR) is 95.8 cm³/mol. The lowest BCUT2D eigenvalue weighted by molar-refractivity contribution is 0.0593. The zero-order valence-corrected chi connectivity index (χ0v) is 15.0. The molecule has 0 N–H and O–H groups in total. The quantitative estimate of drug-likeness (QED) is 0.567. The Hall–Kier alpha value is -2.89. The normalized spacial score (nSPS) is 12.9. The van der Waals surface area contributed by atoms with Crippen molar-refractivity contribution in [2.45, 2.75) is 18.8 Å². The van der Waals surface area contributed by atoms with E-state index in [0.29, 0.717) is 17.3 Å². The van der Waals surface area contributed by atoms with Gasteiger partial charge in [0.1, 0.15) is 22.5 Å². The van der Waals surface area contributed by atoms with Gasteiger partial charge in [-0.2, -0.15) is 0 Å². The van der Waals surface area contributed by atoms with Gasteiger partial charge in [0, 0.05) is 11.6 Å². The molecule has 1 aromatic heterocycles. The van der Waals surface area contributed by atoms with Crippen LogP contribution in [0.3, 0.4) is 0 Å². The number of carbonyl (C=O) groups is 1. The lowest BCUT2D eigenvalue weighted by Crippen LogP contribution is -2.17. The predicted octanol–water partition coefficient (Wildman–Crippen LogP) is 3.29. The molecule has 0 aliphatic heterocycles. The smallest absolute Gasteiger partial charge is 0.358 e. The third-order valence-electron chi connectivity index (χ3n) is 3.93. The minimum absolute atomic E-state index is 0.00330. The van der Waals surface area contributed by atoms with Crippen LogP contribution in [-0.2, 0) is 9.53 Å². The van der Waals surface area contributed by atoms with Crippen molar-refractivity contribution < 1.29 is 19.1 Å². The highest BCUT2D eigenvalue weighted by Crippen LogP contribution is 2.41. The molecule has 0 radical (unpaired) electrons. The van der Waals surface area contributed by atoms with Gasteiger partial charge in [-0.15, -0.1) is 0 Å². The van der Waals surface area contributed by atoms with Crippen molar-refractivity contribution in [2.75, 3.05) is 19.1 Å². The number of esters is 1. The Kier molecular flexibility index (Phi) is 5.21. The zero-order valence-electron chi connectivity index (χ0n) is 14.2. The van der Waals surface area contributed by atoms with Gasteiger partial charge in [0.2, 0.25) is 0 Å². The first-order valence-corrected chi connectivity index (χ1v) is 8.26. The maximum atomic E-state index is 12.1. The number of ether oxygens (including phenoxy) is 2. The van der Waals surface area contributed by atoms with Crippen LogP contribution >= 0.6 is 11.6 Å². The van der Waals surface area contributed by atoms with Gasteiger partial charge in [0.05, 0.1) is 20.4 Å². The molecule has 0 spiro atoms. The molecular formula is C18H16ClN3O4. The van der Waals surface area contributed by atoms with Crippen molar-refractivity contribution in [1.82, 2.24) is 9.97 Å². The lowest BCUT2D eigenvalue weighted by Gasteiger charge is -2.21. The second-order valence-electron chi connectivity index (χ2n) is 5.65. The summed E-state index contributed by atoms with van der Waals surface area (Å²) in [6.07, 6.45) is 3.04. The van der Waals surface area contributed by atoms with Gasteiger partial charge in [-0.3, -0.25) is 4.90 Å². The van der Waals surface area contributed by atoms with E-state index in [2.05, 4.69) is 9.97 Å². The fraction of sp³-hybridized carbons (Fsp3) is 0.278. The topological polar surface area (TPSA) is 81.6 Å². The Morgan fingerprint density at radius 2 is 1.96 bits per heavy atom.